The molecule has 0 radical (unpaired) electrons. The molecule has 0 saturated carbocycles. The molecule has 186 valence electrons. The van der Waals surface area contributed by atoms with E-state index in [-0.39, 0.29) is 0 Å². The average Bonchev–Trinajstić information content (AvgIpc) is 3.32. The number of aromatic nitrogens is 1. The van der Waals surface area contributed by atoms with Gasteiger partial charge in [0.25, 0.3) is 0 Å². The van der Waals surface area contributed by atoms with Crippen LogP contribution in [-0.4, -0.2) is 79.3 Å². The van der Waals surface area contributed by atoms with Gasteiger partial charge in [-0.15, -0.1) is 0 Å². The van der Waals surface area contributed by atoms with Gasteiger partial charge in [0.05, 0.1) is 11.1 Å². The molecule has 2 rings (SSSR count). The second-order valence-electron chi connectivity index (χ2n) is 8.68. The van der Waals surface area contributed by atoms with Crippen LogP contribution >= 0.6 is 11.8 Å². The monoisotopic (exact) mass is 493 g/mol. The molecule has 9 heteroatoms. The van der Waals surface area contributed by atoms with E-state index >= 15 is 0 Å². The Morgan fingerprint density at radius 3 is 2.49 bits per heavy atom. The van der Waals surface area contributed by atoms with Gasteiger partial charge in [-0.1, -0.05) is 50.1 Å². The predicted octanol–water partition coefficient (Wildman–Crippen LogP) is 2.70. The Kier molecular flexibility index (Phi) is 10.5. The van der Waals surface area contributed by atoms with Crippen LogP contribution < -0.4 is 10.6 Å². The quantitative estimate of drug-likeness (QED) is 0.349. The fraction of sp³-hybridized carbons (Fsp3) is 0.462. The number of allylic oxidation sites excluding steroid dienone is 3. The molecule has 1 fully saturated rings. The molecule has 0 aromatic carbocycles. The molecule has 0 aliphatic carbocycles. The van der Waals surface area contributed by atoms with Gasteiger partial charge in [0.15, 0.2) is 0 Å². The zero-order valence-corrected chi connectivity index (χ0v) is 21.9. The van der Waals surface area contributed by atoms with E-state index in [0.717, 1.165) is 37.8 Å². The van der Waals surface area contributed by atoms with E-state index in [4.69, 9.17) is 10.7 Å². The zero-order chi connectivity index (χ0) is 26.1. The standard InChI is InChI=1S/C26H35N7OS/c1-7-10-18(8-2)23(24(29)34)35-26-22(16-28)20(9-3)21(15-27)25(30-26)32(6)13-14-33-12-11-19(17-33)31(4)5/h7-8,10,19,23H,1-2,9,11-14,17H2,3-6H3,(H2,29,34)/b18-10+. The Labute approximate surface area is 213 Å². The number of carbonyl (C=O) groups excluding carboxylic acids is 1. The number of thioether (sulfide) groups is 1. The van der Waals surface area contributed by atoms with Crippen molar-refractivity contribution in [2.45, 2.75) is 36.1 Å². The summed E-state index contributed by atoms with van der Waals surface area (Å²) in [5.41, 5.74) is 7.58. The van der Waals surface area contributed by atoms with Gasteiger partial charge in [-0.25, -0.2) is 4.98 Å². The van der Waals surface area contributed by atoms with Gasteiger partial charge in [-0.3, -0.25) is 9.69 Å². The summed E-state index contributed by atoms with van der Waals surface area (Å²) in [5, 5.41) is 19.5. The Hall–Kier alpha value is -3.11. The lowest BCUT2D eigenvalue weighted by Gasteiger charge is -2.26. The number of carbonyl (C=O) groups is 1. The van der Waals surface area contributed by atoms with Gasteiger partial charge >= 0.3 is 0 Å². The van der Waals surface area contributed by atoms with Crippen molar-refractivity contribution < 1.29 is 4.79 Å². The minimum atomic E-state index is -0.798. The van der Waals surface area contributed by atoms with Crippen molar-refractivity contribution in [3.8, 4) is 12.1 Å². The topological polar surface area (TPSA) is 113 Å². The highest BCUT2D eigenvalue weighted by Crippen LogP contribution is 2.35. The third kappa shape index (κ3) is 6.73. The van der Waals surface area contributed by atoms with Crippen LogP contribution in [0.2, 0.25) is 0 Å². The Morgan fingerprint density at radius 2 is 2.00 bits per heavy atom. The van der Waals surface area contributed by atoms with Gasteiger partial charge in [-0.05, 0) is 44.6 Å². The average molecular weight is 494 g/mol. The molecule has 2 atom stereocenters. The second-order valence-corrected chi connectivity index (χ2v) is 9.78. The molecule has 1 amide bonds. The van der Waals surface area contributed by atoms with Crippen LogP contribution in [0.5, 0.6) is 0 Å². The van der Waals surface area contributed by atoms with E-state index in [9.17, 15) is 15.3 Å². The first-order chi connectivity index (χ1) is 16.7. The molecule has 1 saturated heterocycles. The van der Waals surface area contributed by atoms with Crippen LogP contribution in [0.4, 0.5) is 5.82 Å². The maximum atomic E-state index is 12.3. The lowest BCUT2D eigenvalue weighted by molar-refractivity contribution is -0.116. The number of primary amides is 1. The number of anilines is 1. The van der Waals surface area contributed by atoms with Gasteiger partial charge in [0.2, 0.25) is 5.91 Å². The van der Waals surface area contributed by atoms with E-state index in [0.29, 0.717) is 52.1 Å². The summed E-state index contributed by atoms with van der Waals surface area (Å²) in [4.78, 5) is 23.6. The molecular formula is C26H35N7OS. The molecule has 0 bridgehead atoms. The first-order valence-electron chi connectivity index (χ1n) is 11.6. The minimum Gasteiger partial charge on any atom is -0.368 e. The van der Waals surface area contributed by atoms with Crippen LogP contribution in [0.3, 0.4) is 0 Å². The van der Waals surface area contributed by atoms with Crippen molar-refractivity contribution in [2.24, 2.45) is 5.73 Å². The van der Waals surface area contributed by atoms with Crippen LogP contribution in [0.25, 0.3) is 0 Å². The van der Waals surface area contributed by atoms with Crippen molar-refractivity contribution in [1.82, 2.24) is 14.8 Å². The molecule has 0 spiro atoms. The largest absolute Gasteiger partial charge is 0.368 e. The molecular weight excluding hydrogens is 458 g/mol. The summed E-state index contributed by atoms with van der Waals surface area (Å²) in [6, 6.07) is 5.01. The van der Waals surface area contributed by atoms with Crippen molar-refractivity contribution >= 4 is 23.5 Å². The molecule has 8 nitrogen and oxygen atoms in total. The van der Waals surface area contributed by atoms with Crippen LogP contribution in [0.1, 0.15) is 30.0 Å². The number of nitrogens with zero attached hydrogens (tertiary/aromatic N) is 6. The number of hydrogen-bond acceptors (Lipinski definition) is 8. The smallest absolute Gasteiger partial charge is 0.235 e. The Balaban J connectivity index is 2.44. The summed E-state index contributed by atoms with van der Waals surface area (Å²) in [6.07, 6.45) is 6.38. The van der Waals surface area contributed by atoms with Gasteiger partial charge in [-0.2, -0.15) is 10.5 Å². The maximum absolute atomic E-state index is 12.3. The number of likely N-dealkylation sites (tertiary alicyclic amines) is 1. The Bertz CT molecular complexity index is 1070. The van der Waals surface area contributed by atoms with E-state index in [1.807, 2.05) is 18.9 Å². The first-order valence-corrected chi connectivity index (χ1v) is 12.5. The number of nitriles is 2. The molecule has 1 aliphatic heterocycles. The van der Waals surface area contributed by atoms with Crippen LogP contribution in [-0.2, 0) is 11.2 Å². The molecule has 2 N–H and O–H groups in total. The SMILES string of the molecule is C=C/C=C(\C=C)C(Sc1nc(N(C)CCN2CCC(N(C)C)C2)c(C#N)c(CC)c1C#N)C(N)=O. The summed E-state index contributed by atoms with van der Waals surface area (Å²) in [6.45, 7) is 12.9. The van der Waals surface area contributed by atoms with E-state index < -0.39 is 11.2 Å². The highest BCUT2D eigenvalue weighted by Gasteiger charge is 2.28. The maximum Gasteiger partial charge on any atom is 0.235 e. The normalized spacial score (nSPS) is 17.0. The zero-order valence-electron chi connectivity index (χ0n) is 21.1. The fourth-order valence-corrected chi connectivity index (χ4v) is 5.26. The lowest BCUT2D eigenvalue weighted by Crippen LogP contribution is -2.36. The molecule has 1 aromatic rings. The van der Waals surface area contributed by atoms with Crippen LogP contribution in [0, 0.1) is 22.7 Å². The van der Waals surface area contributed by atoms with Crippen molar-refractivity contribution in [3.63, 3.8) is 0 Å². The minimum absolute atomic E-state index is 0.299. The number of nitrogens with two attached hydrogens (primary N) is 1. The molecule has 1 aromatic heterocycles. The van der Waals surface area contributed by atoms with E-state index in [1.165, 1.54) is 0 Å². The van der Waals surface area contributed by atoms with Crippen molar-refractivity contribution in [3.05, 3.63) is 53.6 Å². The summed E-state index contributed by atoms with van der Waals surface area (Å²) < 4.78 is 0. The molecule has 1 aliphatic rings. The van der Waals surface area contributed by atoms with Gasteiger partial charge < -0.3 is 15.5 Å². The molecule has 35 heavy (non-hydrogen) atoms. The molecule has 2 unspecified atom stereocenters. The van der Waals surface area contributed by atoms with Crippen molar-refractivity contribution in [1.29, 1.82) is 10.5 Å². The third-order valence-corrected chi connectivity index (χ3v) is 7.51. The Morgan fingerprint density at radius 1 is 1.31 bits per heavy atom. The van der Waals surface area contributed by atoms with E-state index in [2.05, 4.69) is 49.2 Å². The number of pyridine rings is 1. The summed E-state index contributed by atoms with van der Waals surface area (Å²) >= 11 is 1.10. The highest BCUT2D eigenvalue weighted by molar-refractivity contribution is 8.00. The number of amides is 1. The number of rotatable bonds is 12. The third-order valence-electron chi connectivity index (χ3n) is 6.25. The first kappa shape index (κ1) is 28.1. The summed E-state index contributed by atoms with van der Waals surface area (Å²) in [7, 11) is 6.11. The molecule has 2 heterocycles. The van der Waals surface area contributed by atoms with E-state index in [1.54, 1.807) is 18.2 Å². The summed E-state index contributed by atoms with van der Waals surface area (Å²) in [5.74, 6) is -0.0687. The van der Waals surface area contributed by atoms with Crippen LogP contribution in [0.15, 0.2) is 42.0 Å². The lowest BCUT2D eigenvalue weighted by atomic mass is 10.0. The number of hydrogen-bond donors (Lipinski definition) is 1. The highest BCUT2D eigenvalue weighted by atomic mass is 32.2. The fourth-order valence-electron chi connectivity index (χ4n) is 4.18. The predicted molar refractivity (Wildman–Crippen MR) is 142 cm³/mol. The van der Waals surface area contributed by atoms with Gasteiger partial charge in [0.1, 0.15) is 28.2 Å². The van der Waals surface area contributed by atoms with Crippen molar-refractivity contribution in [2.75, 3.05) is 52.2 Å². The number of likely N-dealkylation sites (N-methyl/N-ethyl adjacent to an activating group) is 2. The van der Waals surface area contributed by atoms with Gasteiger partial charge in [0, 0.05) is 32.7 Å². The second kappa shape index (κ2) is 13.1.